The Morgan fingerprint density at radius 2 is 0.780 bits per heavy atom. The van der Waals surface area contributed by atoms with E-state index in [1.807, 2.05) is 6.07 Å². The molecule has 0 aliphatic rings. The van der Waals surface area contributed by atoms with Crippen LogP contribution in [0.15, 0.2) is 223 Å². The van der Waals surface area contributed by atoms with Gasteiger partial charge in [0.05, 0.1) is 21.9 Å². The van der Waals surface area contributed by atoms with Crippen LogP contribution in [0.2, 0.25) is 0 Å². The van der Waals surface area contributed by atoms with Crippen LogP contribution in [0.25, 0.3) is 111 Å². The summed E-state index contributed by atoms with van der Waals surface area (Å²) in [5, 5.41) is 5.96. The fraction of sp³-hybridized carbons (Fsp3) is 0. The molecule has 0 bridgehead atoms. The van der Waals surface area contributed by atoms with E-state index in [4.69, 9.17) is 4.42 Å². The van der Waals surface area contributed by atoms with Crippen LogP contribution in [-0.4, -0.2) is 9.13 Å². The normalized spacial score (nSPS) is 11.7. The van der Waals surface area contributed by atoms with Crippen LogP contribution in [-0.2, 0) is 0 Å². The van der Waals surface area contributed by atoms with Gasteiger partial charge in [0.1, 0.15) is 5.58 Å². The van der Waals surface area contributed by atoms with Gasteiger partial charge in [-0.3, -0.25) is 4.57 Å². The van der Waals surface area contributed by atoms with Crippen molar-refractivity contribution in [2.75, 3.05) is 0 Å². The fourth-order valence-electron chi connectivity index (χ4n) is 9.17. The topological polar surface area (TPSA) is 23.0 Å². The zero-order valence-corrected chi connectivity index (χ0v) is 32.1. The lowest BCUT2D eigenvalue weighted by molar-refractivity contribution is 0.645. The van der Waals surface area contributed by atoms with Crippen molar-refractivity contribution >= 4 is 54.8 Å². The minimum absolute atomic E-state index is 0.869. The molecule has 12 aromatic rings. The molecule has 0 radical (unpaired) electrons. The summed E-state index contributed by atoms with van der Waals surface area (Å²) in [5.41, 5.74) is 17.1. The van der Waals surface area contributed by atoms with Crippen molar-refractivity contribution in [1.29, 1.82) is 0 Å². The first-order chi connectivity index (χ1) is 29.3. The summed E-state index contributed by atoms with van der Waals surface area (Å²) in [4.78, 5) is 0. The van der Waals surface area contributed by atoms with Gasteiger partial charge in [0.15, 0.2) is 0 Å². The van der Waals surface area contributed by atoms with Gasteiger partial charge in [0.25, 0.3) is 0 Å². The zero-order valence-electron chi connectivity index (χ0n) is 32.1. The number of rotatable bonds is 6. The third-order valence-corrected chi connectivity index (χ3v) is 12.0. The van der Waals surface area contributed by atoms with Gasteiger partial charge in [-0.15, -0.1) is 0 Å². The van der Waals surface area contributed by atoms with E-state index in [1.165, 1.54) is 71.7 Å². The van der Waals surface area contributed by atoms with E-state index in [-0.39, 0.29) is 0 Å². The second-order valence-corrected chi connectivity index (χ2v) is 15.3. The Kier molecular flexibility index (Phi) is 7.54. The Morgan fingerprint density at radius 3 is 1.41 bits per heavy atom. The molecular formula is C56H36N2O. The van der Waals surface area contributed by atoms with Crippen LogP contribution in [0.5, 0.6) is 0 Å². The minimum Gasteiger partial charge on any atom is -0.439 e. The lowest BCUT2D eigenvalue weighted by atomic mass is 9.96. The van der Waals surface area contributed by atoms with Crippen LogP contribution in [0.1, 0.15) is 0 Å². The van der Waals surface area contributed by atoms with Crippen molar-refractivity contribution in [3.63, 3.8) is 0 Å². The van der Waals surface area contributed by atoms with Crippen molar-refractivity contribution in [2.45, 2.75) is 0 Å². The number of benzene rings is 9. The number of hydrogen-bond acceptors (Lipinski definition) is 1. The molecule has 3 heterocycles. The van der Waals surface area contributed by atoms with Gasteiger partial charge in [-0.1, -0.05) is 158 Å². The molecule has 0 N–H and O–H groups in total. The molecule has 0 unspecified atom stereocenters. The number of aromatic nitrogens is 2. The lowest BCUT2D eigenvalue weighted by Gasteiger charge is -2.11. The van der Waals surface area contributed by atoms with Crippen molar-refractivity contribution < 1.29 is 4.42 Å². The van der Waals surface area contributed by atoms with E-state index >= 15 is 0 Å². The number of hydrogen-bond donors (Lipinski definition) is 0. The largest absolute Gasteiger partial charge is 0.439 e. The van der Waals surface area contributed by atoms with E-state index in [2.05, 4.69) is 221 Å². The number of nitrogens with zero attached hydrogens (tertiary/aromatic N) is 2. The summed E-state index contributed by atoms with van der Waals surface area (Å²) in [6.45, 7) is 0. The quantitative estimate of drug-likeness (QED) is 0.166. The summed E-state index contributed by atoms with van der Waals surface area (Å²) in [6, 6.07) is 78.6. The lowest BCUT2D eigenvalue weighted by Crippen LogP contribution is -1.94. The zero-order chi connectivity index (χ0) is 38.9. The first-order valence-corrected chi connectivity index (χ1v) is 20.2. The first-order valence-electron chi connectivity index (χ1n) is 20.2. The molecule has 0 spiro atoms. The molecule has 0 aliphatic carbocycles. The van der Waals surface area contributed by atoms with Gasteiger partial charge < -0.3 is 8.98 Å². The van der Waals surface area contributed by atoms with E-state index in [0.717, 1.165) is 39.0 Å². The van der Waals surface area contributed by atoms with Crippen LogP contribution in [0, 0.1) is 0 Å². The Hall–Kier alpha value is -7.88. The summed E-state index contributed by atoms with van der Waals surface area (Å²) >= 11 is 0. The Bertz CT molecular complexity index is 3400. The fourth-order valence-corrected chi connectivity index (χ4v) is 9.17. The van der Waals surface area contributed by atoms with Gasteiger partial charge >= 0.3 is 0 Å². The van der Waals surface area contributed by atoms with Crippen LogP contribution < -0.4 is 0 Å². The molecule has 0 atom stereocenters. The Balaban J connectivity index is 0.943. The Labute approximate surface area is 341 Å². The van der Waals surface area contributed by atoms with E-state index in [0.29, 0.717) is 0 Å². The molecule has 0 aliphatic heterocycles. The average Bonchev–Trinajstić information content (AvgIpc) is 3.96. The summed E-state index contributed by atoms with van der Waals surface area (Å²) in [6.07, 6.45) is 0. The summed E-state index contributed by atoms with van der Waals surface area (Å²) in [5.74, 6) is 0. The molecule has 0 saturated heterocycles. The van der Waals surface area contributed by atoms with Crippen molar-refractivity contribution in [3.05, 3.63) is 218 Å². The van der Waals surface area contributed by atoms with Crippen LogP contribution >= 0.6 is 0 Å². The van der Waals surface area contributed by atoms with Crippen molar-refractivity contribution in [1.82, 2.24) is 9.13 Å². The highest BCUT2D eigenvalue weighted by molar-refractivity contribution is 6.24. The highest BCUT2D eigenvalue weighted by Crippen LogP contribution is 2.44. The molecule has 59 heavy (non-hydrogen) atoms. The molecule has 276 valence electrons. The number of fused-ring (bicyclic) bond motifs is 8. The van der Waals surface area contributed by atoms with E-state index < -0.39 is 0 Å². The molecule has 3 aromatic heterocycles. The maximum Gasteiger partial charge on any atom is 0.213 e. The highest BCUT2D eigenvalue weighted by Gasteiger charge is 2.22. The van der Waals surface area contributed by atoms with Crippen LogP contribution in [0.4, 0.5) is 0 Å². The van der Waals surface area contributed by atoms with Gasteiger partial charge in [0.2, 0.25) is 5.71 Å². The summed E-state index contributed by atoms with van der Waals surface area (Å²) in [7, 11) is 0. The predicted molar refractivity (Wildman–Crippen MR) is 247 cm³/mol. The van der Waals surface area contributed by atoms with E-state index in [1.54, 1.807) is 0 Å². The monoisotopic (exact) mass is 752 g/mol. The van der Waals surface area contributed by atoms with Crippen LogP contribution in [0.3, 0.4) is 0 Å². The van der Waals surface area contributed by atoms with Gasteiger partial charge in [-0.25, -0.2) is 0 Å². The third kappa shape index (κ3) is 5.36. The molecule has 0 saturated carbocycles. The van der Waals surface area contributed by atoms with Gasteiger partial charge in [-0.05, 0) is 105 Å². The van der Waals surface area contributed by atoms with Crippen molar-refractivity contribution in [2.24, 2.45) is 0 Å². The molecule has 12 rings (SSSR count). The molecule has 0 fully saturated rings. The molecule has 9 aromatic carbocycles. The summed E-state index contributed by atoms with van der Waals surface area (Å²) < 4.78 is 11.2. The average molecular weight is 753 g/mol. The van der Waals surface area contributed by atoms with Crippen molar-refractivity contribution in [3.8, 4) is 55.9 Å². The maximum absolute atomic E-state index is 6.58. The minimum atomic E-state index is 0.869. The number of furan rings is 1. The molecular weight excluding hydrogens is 717 g/mol. The third-order valence-electron chi connectivity index (χ3n) is 12.0. The maximum atomic E-state index is 6.58. The number of para-hydroxylation sites is 2. The SMILES string of the molecule is c1ccc(-c2ccc3c(c2)c2cc(-c4ccccc4)ccc2n3-c2ccc(-c3ccc(-c4cccc5c4c4c6ccccc6oc4n5-c4ccccc4)cc3)cc2)cc1. The van der Waals surface area contributed by atoms with Gasteiger partial charge in [-0.2, -0.15) is 0 Å². The predicted octanol–water partition coefficient (Wildman–Crippen LogP) is 15.3. The standard InChI is InChI=1S/C56H36N2O/c1-4-13-37(14-5-1)42-29-33-50-48(35-42)49-36-43(38-15-6-2-7-16-38)30-34-51(49)57(50)45-31-27-40(28-32-45)39-23-25-41(26-24-39)46-20-12-21-52-54(46)55-47-19-10-11-22-53(47)59-56(55)58(52)44-17-8-3-9-18-44/h1-36H. The molecule has 3 heteroatoms. The Morgan fingerprint density at radius 1 is 0.288 bits per heavy atom. The second-order valence-electron chi connectivity index (χ2n) is 15.3. The highest BCUT2D eigenvalue weighted by atomic mass is 16.3. The molecule has 3 nitrogen and oxygen atoms in total. The van der Waals surface area contributed by atoms with E-state index in [9.17, 15) is 0 Å². The first kappa shape index (κ1) is 33.3. The van der Waals surface area contributed by atoms with Gasteiger partial charge in [0, 0.05) is 32.9 Å². The second kappa shape index (κ2) is 13.4. The smallest absolute Gasteiger partial charge is 0.213 e. The molecule has 0 amide bonds.